The van der Waals surface area contributed by atoms with Gasteiger partial charge in [0.15, 0.2) is 0 Å². The van der Waals surface area contributed by atoms with E-state index in [0.29, 0.717) is 6.04 Å². The predicted octanol–water partition coefficient (Wildman–Crippen LogP) is 1.53. The molecular formula is C10H21NOS. The quantitative estimate of drug-likeness (QED) is 0.751. The highest BCUT2D eigenvalue weighted by atomic mass is 32.2. The fourth-order valence-electron chi connectivity index (χ4n) is 1.51. The van der Waals surface area contributed by atoms with Gasteiger partial charge in [0.05, 0.1) is 0 Å². The summed E-state index contributed by atoms with van der Waals surface area (Å²) in [7, 11) is -0.517. The molecule has 0 aromatic heterocycles. The van der Waals surface area contributed by atoms with Crippen molar-refractivity contribution in [3.63, 3.8) is 0 Å². The highest BCUT2D eigenvalue weighted by Gasteiger charge is 2.17. The summed E-state index contributed by atoms with van der Waals surface area (Å²) in [5, 5.41) is 3.56. The van der Waals surface area contributed by atoms with E-state index in [1.807, 2.05) is 0 Å². The maximum atomic E-state index is 11.1. The third-order valence-electron chi connectivity index (χ3n) is 2.84. The molecule has 0 bridgehead atoms. The summed E-state index contributed by atoms with van der Waals surface area (Å²) in [6, 6.07) is 0.631. The highest BCUT2D eigenvalue weighted by Crippen LogP contribution is 2.09. The predicted molar refractivity (Wildman–Crippen MR) is 58.4 cm³/mol. The molecule has 1 fully saturated rings. The summed E-state index contributed by atoms with van der Waals surface area (Å²) in [5.41, 5.74) is 0. The van der Waals surface area contributed by atoms with Crippen molar-refractivity contribution in [2.45, 2.75) is 39.2 Å². The molecule has 78 valence electrons. The van der Waals surface area contributed by atoms with Gasteiger partial charge in [-0.3, -0.25) is 4.21 Å². The second-order valence-electron chi connectivity index (χ2n) is 4.04. The van der Waals surface area contributed by atoms with Crippen LogP contribution < -0.4 is 5.32 Å². The number of hydrogen-bond donors (Lipinski definition) is 1. The molecule has 1 rings (SSSR count). The number of rotatable bonds is 4. The van der Waals surface area contributed by atoms with Gasteiger partial charge in [0.1, 0.15) is 0 Å². The van der Waals surface area contributed by atoms with Crippen LogP contribution in [0.2, 0.25) is 0 Å². The van der Waals surface area contributed by atoms with Crippen LogP contribution in [0.1, 0.15) is 33.1 Å². The van der Waals surface area contributed by atoms with Crippen molar-refractivity contribution in [2.24, 2.45) is 5.92 Å². The van der Waals surface area contributed by atoms with E-state index in [2.05, 4.69) is 19.2 Å². The standard InChI is InChI=1S/C10H21NOS/c1-3-9(2)8-11-10-4-6-13(12)7-5-10/h9-11H,3-8H2,1-2H3. The largest absolute Gasteiger partial charge is 0.314 e. The van der Waals surface area contributed by atoms with Crippen LogP contribution in [0.3, 0.4) is 0 Å². The van der Waals surface area contributed by atoms with Gasteiger partial charge < -0.3 is 5.32 Å². The van der Waals surface area contributed by atoms with Crippen molar-refractivity contribution in [2.75, 3.05) is 18.1 Å². The van der Waals surface area contributed by atoms with Gasteiger partial charge in [0.25, 0.3) is 0 Å². The van der Waals surface area contributed by atoms with Gasteiger partial charge in [-0.2, -0.15) is 0 Å². The van der Waals surface area contributed by atoms with E-state index >= 15 is 0 Å². The van der Waals surface area contributed by atoms with E-state index < -0.39 is 10.8 Å². The van der Waals surface area contributed by atoms with E-state index in [-0.39, 0.29) is 0 Å². The van der Waals surface area contributed by atoms with E-state index in [0.717, 1.165) is 36.8 Å². The molecule has 3 heteroatoms. The zero-order valence-electron chi connectivity index (χ0n) is 8.71. The minimum atomic E-state index is -0.517. The first-order valence-corrected chi connectivity index (χ1v) is 6.79. The zero-order chi connectivity index (χ0) is 9.68. The lowest BCUT2D eigenvalue weighted by Gasteiger charge is -2.24. The molecule has 2 nitrogen and oxygen atoms in total. The Labute approximate surface area is 83.9 Å². The summed E-state index contributed by atoms with van der Waals surface area (Å²) >= 11 is 0. The highest BCUT2D eigenvalue weighted by molar-refractivity contribution is 7.85. The van der Waals surface area contributed by atoms with Gasteiger partial charge in [-0.15, -0.1) is 0 Å². The van der Waals surface area contributed by atoms with Crippen LogP contribution in [0.5, 0.6) is 0 Å². The van der Waals surface area contributed by atoms with E-state index in [1.165, 1.54) is 6.42 Å². The lowest BCUT2D eigenvalue weighted by molar-refractivity contribution is 0.417. The molecule has 1 atom stereocenters. The van der Waals surface area contributed by atoms with Crippen molar-refractivity contribution in [1.82, 2.24) is 5.32 Å². The molecule has 1 unspecified atom stereocenters. The van der Waals surface area contributed by atoms with Crippen LogP contribution in [0.15, 0.2) is 0 Å². The smallest absolute Gasteiger partial charge is 0.0249 e. The molecule has 1 saturated heterocycles. The van der Waals surface area contributed by atoms with Gasteiger partial charge in [0, 0.05) is 28.3 Å². The third-order valence-corrected chi connectivity index (χ3v) is 4.22. The van der Waals surface area contributed by atoms with Crippen LogP contribution in [0.4, 0.5) is 0 Å². The summed E-state index contributed by atoms with van der Waals surface area (Å²) in [6.07, 6.45) is 3.44. The average Bonchev–Trinajstić information content (AvgIpc) is 2.16. The summed E-state index contributed by atoms with van der Waals surface area (Å²) in [6.45, 7) is 5.62. The fourth-order valence-corrected chi connectivity index (χ4v) is 2.81. The average molecular weight is 203 g/mol. The van der Waals surface area contributed by atoms with Gasteiger partial charge in [0.2, 0.25) is 0 Å². The summed E-state index contributed by atoms with van der Waals surface area (Å²) < 4.78 is 11.1. The molecule has 0 saturated carbocycles. The van der Waals surface area contributed by atoms with Crippen molar-refractivity contribution in [3.05, 3.63) is 0 Å². The Hall–Kier alpha value is 0.110. The van der Waals surface area contributed by atoms with E-state index in [9.17, 15) is 4.21 Å². The van der Waals surface area contributed by atoms with Gasteiger partial charge in [-0.25, -0.2) is 0 Å². The van der Waals surface area contributed by atoms with Crippen molar-refractivity contribution in [3.8, 4) is 0 Å². The number of hydrogen-bond acceptors (Lipinski definition) is 2. The molecule has 1 N–H and O–H groups in total. The Kier molecular flexibility index (Phi) is 4.96. The second kappa shape index (κ2) is 5.76. The van der Waals surface area contributed by atoms with Gasteiger partial charge in [-0.1, -0.05) is 20.3 Å². The SMILES string of the molecule is CCC(C)CNC1CCS(=O)CC1. The minimum Gasteiger partial charge on any atom is -0.314 e. The van der Waals surface area contributed by atoms with Crippen LogP contribution in [0, 0.1) is 5.92 Å². The Bertz CT molecular complexity index is 162. The first-order valence-electron chi connectivity index (χ1n) is 5.30. The molecule has 0 spiro atoms. The van der Waals surface area contributed by atoms with Gasteiger partial charge >= 0.3 is 0 Å². The summed E-state index contributed by atoms with van der Waals surface area (Å²) in [5.74, 6) is 2.57. The topological polar surface area (TPSA) is 29.1 Å². The molecule has 0 aliphatic carbocycles. The van der Waals surface area contributed by atoms with Crippen LogP contribution >= 0.6 is 0 Å². The Morgan fingerprint density at radius 3 is 2.62 bits per heavy atom. The van der Waals surface area contributed by atoms with Crippen LogP contribution in [-0.2, 0) is 10.8 Å². The van der Waals surface area contributed by atoms with E-state index in [1.54, 1.807) is 0 Å². The molecule has 1 heterocycles. The molecule has 0 amide bonds. The molecule has 0 aromatic carbocycles. The second-order valence-corrected chi connectivity index (χ2v) is 5.74. The molecule has 0 aromatic rings. The van der Waals surface area contributed by atoms with Crippen molar-refractivity contribution in [1.29, 1.82) is 0 Å². The monoisotopic (exact) mass is 203 g/mol. The Morgan fingerprint density at radius 1 is 1.46 bits per heavy atom. The molecule has 13 heavy (non-hydrogen) atoms. The van der Waals surface area contributed by atoms with Gasteiger partial charge in [-0.05, 0) is 25.3 Å². The maximum absolute atomic E-state index is 11.1. The minimum absolute atomic E-state index is 0.517. The third kappa shape index (κ3) is 4.23. The number of nitrogens with one attached hydrogen (secondary N) is 1. The van der Waals surface area contributed by atoms with Crippen LogP contribution in [-0.4, -0.2) is 28.3 Å². The zero-order valence-corrected chi connectivity index (χ0v) is 9.53. The summed E-state index contributed by atoms with van der Waals surface area (Å²) in [4.78, 5) is 0. The van der Waals surface area contributed by atoms with Crippen molar-refractivity contribution < 1.29 is 4.21 Å². The Balaban J connectivity index is 2.12. The Morgan fingerprint density at radius 2 is 2.08 bits per heavy atom. The normalized spacial score (nSPS) is 31.5. The lowest BCUT2D eigenvalue weighted by Crippen LogP contribution is -2.37. The molecular weight excluding hydrogens is 182 g/mol. The lowest BCUT2D eigenvalue weighted by atomic mass is 10.1. The fraction of sp³-hybridized carbons (Fsp3) is 1.00. The first-order chi connectivity index (χ1) is 6.22. The molecule has 0 radical (unpaired) electrons. The molecule has 1 aliphatic rings. The van der Waals surface area contributed by atoms with Crippen molar-refractivity contribution >= 4 is 10.8 Å². The molecule has 1 aliphatic heterocycles. The first kappa shape index (κ1) is 11.2. The van der Waals surface area contributed by atoms with Crippen LogP contribution in [0.25, 0.3) is 0 Å². The maximum Gasteiger partial charge on any atom is 0.0249 e. The van der Waals surface area contributed by atoms with E-state index in [4.69, 9.17) is 0 Å².